The zero-order valence-electron chi connectivity index (χ0n) is 19.1. The average Bonchev–Trinajstić information content (AvgIpc) is 2.84. The minimum Gasteiger partial charge on any atom is -0.372 e. The Morgan fingerprint density at radius 3 is 2.32 bits per heavy atom. The minimum atomic E-state index is 0.109. The lowest BCUT2D eigenvalue weighted by Crippen LogP contribution is -2.33. The van der Waals surface area contributed by atoms with Gasteiger partial charge >= 0.3 is 0 Å². The van der Waals surface area contributed by atoms with Gasteiger partial charge in [-0.15, -0.1) is 0 Å². The molecule has 2 heterocycles. The number of aromatic nitrogens is 2. The van der Waals surface area contributed by atoms with Crippen molar-refractivity contribution < 1.29 is 0 Å². The molecular weight excluding hydrogens is 350 g/mol. The van der Waals surface area contributed by atoms with Crippen molar-refractivity contribution in [1.82, 2.24) is 14.9 Å². The van der Waals surface area contributed by atoms with E-state index in [9.17, 15) is 5.26 Å². The first-order valence-electron chi connectivity index (χ1n) is 10.3. The van der Waals surface area contributed by atoms with Crippen LogP contribution in [0.3, 0.4) is 0 Å². The fourth-order valence-corrected chi connectivity index (χ4v) is 3.17. The highest BCUT2D eigenvalue weighted by Gasteiger charge is 2.23. The summed E-state index contributed by atoms with van der Waals surface area (Å²) in [6.45, 7) is 15.5. The molecule has 1 saturated heterocycles. The zero-order valence-corrected chi connectivity index (χ0v) is 19.1. The number of hydrogen-bond acceptors (Lipinski definition) is 7. The predicted octanol–water partition coefficient (Wildman–Crippen LogP) is 3.43. The van der Waals surface area contributed by atoms with Crippen molar-refractivity contribution in [2.75, 3.05) is 69.0 Å². The summed E-state index contributed by atoms with van der Waals surface area (Å²) in [6, 6.07) is 2.28. The molecule has 0 bridgehead atoms. The second-order valence-corrected chi connectivity index (χ2v) is 8.70. The number of nitrogens with one attached hydrogen (secondary N) is 1. The lowest BCUT2D eigenvalue weighted by molar-refractivity contribution is 0.360. The van der Waals surface area contributed by atoms with Crippen LogP contribution >= 0.6 is 0 Å². The van der Waals surface area contributed by atoms with E-state index in [1.807, 2.05) is 7.05 Å². The Kier molecular flexibility index (Phi) is 9.47. The topological polar surface area (TPSA) is 71.3 Å². The summed E-state index contributed by atoms with van der Waals surface area (Å²) in [6.07, 6.45) is 2.34. The number of nitrogens with zero attached hydrogens (tertiary/aromatic N) is 6. The molecule has 1 aromatic heterocycles. The van der Waals surface area contributed by atoms with Crippen LogP contribution in [-0.2, 0) is 0 Å². The Labute approximate surface area is 171 Å². The summed E-state index contributed by atoms with van der Waals surface area (Å²) in [4.78, 5) is 16.0. The summed E-state index contributed by atoms with van der Waals surface area (Å²) in [7, 11) is 5.94. The van der Waals surface area contributed by atoms with E-state index in [1.54, 1.807) is 7.05 Å². The molecule has 1 aliphatic heterocycles. The molecule has 28 heavy (non-hydrogen) atoms. The van der Waals surface area contributed by atoms with Crippen LogP contribution < -0.4 is 15.1 Å². The largest absolute Gasteiger partial charge is 0.372 e. The first-order chi connectivity index (χ1) is 13.2. The van der Waals surface area contributed by atoms with Crippen molar-refractivity contribution in [3.05, 3.63) is 5.56 Å². The second kappa shape index (κ2) is 11.1. The Morgan fingerprint density at radius 1 is 1.14 bits per heavy atom. The van der Waals surface area contributed by atoms with Crippen molar-refractivity contribution in [2.45, 2.75) is 47.5 Å². The van der Waals surface area contributed by atoms with Gasteiger partial charge in [0.2, 0.25) is 5.95 Å². The van der Waals surface area contributed by atoms with Crippen LogP contribution in [0.2, 0.25) is 0 Å². The van der Waals surface area contributed by atoms with E-state index in [0.29, 0.717) is 23.1 Å². The maximum absolute atomic E-state index is 9.64. The van der Waals surface area contributed by atoms with E-state index in [2.05, 4.69) is 72.7 Å². The number of nitriles is 1. The summed E-state index contributed by atoms with van der Waals surface area (Å²) in [5.41, 5.74) is 0.613. The molecule has 0 aliphatic carbocycles. The van der Waals surface area contributed by atoms with E-state index < -0.39 is 0 Å². The number of rotatable bonds is 4. The molecule has 1 N–H and O–H groups in total. The molecular formula is C21H39N7. The van der Waals surface area contributed by atoms with Crippen molar-refractivity contribution in [2.24, 2.45) is 5.41 Å². The van der Waals surface area contributed by atoms with Gasteiger partial charge in [-0.2, -0.15) is 15.2 Å². The molecule has 7 nitrogen and oxygen atoms in total. The molecule has 1 aromatic rings. The third-order valence-corrected chi connectivity index (χ3v) is 4.30. The molecule has 0 amide bonds. The van der Waals surface area contributed by atoms with Gasteiger partial charge < -0.3 is 20.0 Å². The molecule has 0 radical (unpaired) electrons. The Hall–Kier alpha value is -2.07. The molecule has 1 aliphatic rings. The molecule has 2 rings (SSSR count). The van der Waals surface area contributed by atoms with Crippen LogP contribution in [0.25, 0.3) is 0 Å². The molecule has 0 spiro atoms. The van der Waals surface area contributed by atoms with E-state index in [-0.39, 0.29) is 5.41 Å². The van der Waals surface area contributed by atoms with Crippen molar-refractivity contribution in [3.63, 3.8) is 0 Å². The monoisotopic (exact) mass is 389 g/mol. The van der Waals surface area contributed by atoms with Crippen LogP contribution in [0.5, 0.6) is 0 Å². The highest BCUT2D eigenvalue weighted by Crippen LogP contribution is 2.28. The lowest BCUT2D eigenvalue weighted by Gasteiger charge is -2.29. The number of likely N-dealkylation sites (N-methyl/N-ethyl adjacent to an activating group) is 1. The predicted molar refractivity (Wildman–Crippen MR) is 119 cm³/mol. The second-order valence-electron chi connectivity index (χ2n) is 8.70. The van der Waals surface area contributed by atoms with Gasteiger partial charge in [-0.25, -0.2) is 0 Å². The third-order valence-electron chi connectivity index (χ3n) is 4.30. The Balaban J connectivity index is 0.00000122. The quantitative estimate of drug-likeness (QED) is 0.846. The van der Waals surface area contributed by atoms with Gasteiger partial charge in [-0.05, 0) is 25.4 Å². The molecule has 1 fully saturated rings. The van der Waals surface area contributed by atoms with Crippen LogP contribution in [0, 0.1) is 16.7 Å². The van der Waals surface area contributed by atoms with Gasteiger partial charge in [0.1, 0.15) is 11.6 Å². The molecule has 158 valence electrons. The zero-order chi connectivity index (χ0) is 21.3. The van der Waals surface area contributed by atoms with Crippen molar-refractivity contribution >= 4 is 17.6 Å². The summed E-state index contributed by atoms with van der Waals surface area (Å²) >= 11 is 0. The van der Waals surface area contributed by atoms with E-state index in [1.165, 1.54) is 6.42 Å². The van der Waals surface area contributed by atoms with E-state index >= 15 is 0 Å². The summed E-state index contributed by atoms with van der Waals surface area (Å²) in [5.74, 6) is 2.00. The van der Waals surface area contributed by atoms with E-state index in [0.717, 1.165) is 39.1 Å². The first-order valence-corrected chi connectivity index (χ1v) is 10.3. The molecule has 0 saturated carbocycles. The van der Waals surface area contributed by atoms with Crippen molar-refractivity contribution in [1.29, 1.82) is 5.26 Å². The maximum Gasteiger partial charge on any atom is 0.229 e. The van der Waals surface area contributed by atoms with Crippen LogP contribution in [0.1, 0.15) is 53.0 Å². The van der Waals surface area contributed by atoms with Crippen LogP contribution in [0.15, 0.2) is 0 Å². The smallest absolute Gasteiger partial charge is 0.229 e. The first kappa shape index (κ1) is 24.0. The summed E-state index contributed by atoms with van der Waals surface area (Å²) in [5, 5.41) is 12.7. The van der Waals surface area contributed by atoms with Gasteiger partial charge in [0.15, 0.2) is 11.6 Å². The SMILES string of the molecule is CCC.CNc1nc(N2CCCN(C)CC2)nc(N(C)CC(C)(C)C)c1C#N. The lowest BCUT2D eigenvalue weighted by atomic mass is 9.96. The maximum atomic E-state index is 9.64. The van der Waals surface area contributed by atoms with Crippen LogP contribution in [0.4, 0.5) is 17.6 Å². The molecule has 0 aromatic carbocycles. The highest BCUT2D eigenvalue weighted by atomic mass is 15.3. The fraction of sp³-hybridized carbons (Fsp3) is 0.762. The molecule has 7 heteroatoms. The summed E-state index contributed by atoms with van der Waals surface area (Å²) < 4.78 is 0. The fourth-order valence-electron chi connectivity index (χ4n) is 3.17. The van der Waals surface area contributed by atoms with Gasteiger partial charge in [0, 0.05) is 40.3 Å². The van der Waals surface area contributed by atoms with E-state index in [4.69, 9.17) is 4.98 Å². The van der Waals surface area contributed by atoms with Gasteiger partial charge in [-0.1, -0.05) is 41.0 Å². The normalized spacial score (nSPS) is 15.2. The highest BCUT2D eigenvalue weighted by molar-refractivity contribution is 5.67. The molecule has 0 unspecified atom stereocenters. The average molecular weight is 390 g/mol. The standard InChI is InChI=1S/C18H31N7.C3H8/c1-18(2,3)13-24(6)16-14(12-19)15(20-4)21-17(22-16)25-9-7-8-23(5)10-11-25;1-3-2/h7-11,13H2,1-6H3,(H,20,21,22);3H2,1-2H3. The van der Waals surface area contributed by atoms with Gasteiger partial charge in [0.25, 0.3) is 0 Å². The minimum absolute atomic E-state index is 0.109. The van der Waals surface area contributed by atoms with Gasteiger partial charge in [-0.3, -0.25) is 0 Å². The number of anilines is 3. The van der Waals surface area contributed by atoms with Crippen molar-refractivity contribution in [3.8, 4) is 6.07 Å². The number of hydrogen-bond donors (Lipinski definition) is 1. The molecule has 0 atom stereocenters. The Morgan fingerprint density at radius 2 is 1.79 bits per heavy atom. The van der Waals surface area contributed by atoms with Crippen LogP contribution in [-0.4, -0.2) is 68.7 Å². The van der Waals surface area contributed by atoms with Gasteiger partial charge in [0.05, 0.1) is 0 Å². The Bertz CT molecular complexity index is 645. The third kappa shape index (κ3) is 7.16.